The number of nitrogens with two attached hydrogens (primary N) is 2. The van der Waals surface area contributed by atoms with Crippen molar-refractivity contribution in [3.05, 3.63) is 53.7 Å². The van der Waals surface area contributed by atoms with Gasteiger partial charge in [0, 0.05) is 29.2 Å². The summed E-state index contributed by atoms with van der Waals surface area (Å²) in [5.41, 5.74) is 15.2. The number of carbonyl (C=O) groups is 2. The van der Waals surface area contributed by atoms with Gasteiger partial charge in [0.15, 0.2) is 0 Å². The second kappa shape index (κ2) is 8.32. The first-order chi connectivity index (χ1) is 13.8. The average Bonchev–Trinajstić information content (AvgIpc) is 3.11. The van der Waals surface area contributed by atoms with Crippen molar-refractivity contribution in [3.8, 4) is 5.69 Å². The summed E-state index contributed by atoms with van der Waals surface area (Å²) in [5, 5.41) is 11.5. The summed E-state index contributed by atoms with van der Waals surface area (Å²) in [6, 6.07) is 10.6. The number of nitrogens with zero attached hydrogens (tertiary/aromatic N) is 2. The highest BCUT2D eigenvalue weighted by molar-refractivity contribution is 5.97. The molecule has 0 aliphatic carbocycles. The Kier molecular flexibility index (Phi) is 5.84. The van der Waals surface area contributed by atoms with Crippen LogP contribution in [0.1, 0.15) is 29.8 Å². The second-order valence-electron chi connectivity index (χ2n) is 7.23. The van der Waals surface area contributed by atoms with Gasteiger partial charge in [-0.05, 0) is 62.7 Å². The third-order valence-electron chi connectivity index (χ3n) is 4.74. The maximum atomic E-state index is 12.2. The van der Waals surface area contributed by atoms with Crippen molar-refractivity contribution in [2.24, 2.45) is 11.5 Å². The lowest BCUT2D eigenvalue weighted by Crippen LogP contribution is -2.42. The summed E-state index contributed by atoms with van der Waals surface area (Å²) < 4.78 is 1.83. The summed E-state index contributed by atoms with van der Waals surface area (Å²) in [7, 11) is 0. The maximum Gasteiger partial charge on any atom is 0.251 e. The largest absolute Gasteiger partial charge is 0.381 e. The third kappa shape index (κ3) is 4.38. The molecule has 0 saturated carbocycles. The lowest BCUT2D eigenvalue weighted by molar-refractivity contribution is -0.119. The van der Waals surface area contributed by atoms with Crippen LogP contribution in [0.5, 0.6) is 0 Å². The number of hydrogen-bond donors (Lipinski definition) is 4. The molecule has 0 saturated heterocycles. The van der Waals surface area contributed by atoms with E-state index < -0.39 is 11.9 Å². The number of anilines is 1. The van der Waals surface area contributed by atoms with Crippen LogP contribution in [-0.2, 0) is 4.79 Å². The number of benzene rings is 2. The Bertz CT molecular complexity index is 1040. The number of hydrogen-bond acceptors (Lipinski definition) is 5. The van der Waals surface area contributed by atoms with E-state index in [1.54, 1.807) is 19.1 Å². The first-order valence-electron chi connectivity index (χ1n) is 9.45. The van der Waals surface area contributed by atoms with Gasteiger partial charge in [0.2, 0.25) is 5.91 Å². The summed E-state index contributed by atoms with van der Waals surface area (Å²) in [5.74, 6) is -0.937. The Morgan fingerprint density at radius 2 is 1.86 bits per heavy atom. The average molecular weight is 394 g/mol. The molecule has 152 valence electrons. The van der Waals surface area contributed by atoms with Gasteiger partial charge in [-0.15, -0.1) is 0 Å². The molecule has 8 nitrogen and oxygen atoms in total. The molecule has 29 heavy (non-hydrogen) atoms. The maximum absolute atomic E-state index is 12.2. The lowest BCUT2D eigenvalue weighted by atomic mass is 10.1. The van der Waals surface area contributed by atoms with Crippen LogP contribution in [-0.4, -0.2) is 40.2 Å². The minimum Gasteiger partial charge on any atom is -0.381 e. The van der Waals surface area contributed by atoms with Crippen molar-refractivity contribution in [1.82, 2.24) is 15.1 Å². The van der Waals surface area contributed by atoms with Crippen LogP contribution in [0.4, 0.5) is 5.69 Å². The zero-order chi connectivity index (χ0) is 21.1. The fourth-order valence-electron chi connectivity index (χ4n) is 3.02. The summed E-state index contributed by atoms with van der Waals surface area (Å²) >= 11 is 0. The van der Waals surface area contributed by atoms with Crippen molar-refractivity contribution >= 4 is 28.4 Å². The normalized spacial score (nSPS) is 13.1. The van der Waals surface area contributed by atoms with E-state index in [9.17, 15) is 9.59 Å². The summed E-state index contributed by atoms with van der Waals surface area (Å²) in [4.78, 5) is 23.4. The molecule has 0 unspecified atom stereocenters. The van der Waals surface area contributed by atoms with Gasteiger partial charge in [-0.1, -0.05) is 0 Å². The minimum absolute atomic E-state index is 0.143. The fraction of sp³-hybridized carbons (Fsp3) is 0.286. The van der Waals surface area contributed by atoms with Crippen LogP contribution in [0, 0.1) is 6.92 Å². The lowest BCUT2D eigenvalue weighted by Gasteiger charge is -2.15. The van der Waals surface area contributed by atoms with Crippen LogP contribution in [0.15, 0.2) is 42.6 Å². The predicted molar refractivity (Wildman–Crippen MR) is 114 cm³/mol. The minimum atomic E-state index is -0.734. The predicted octanol–water partition coefficient (Wildman–Crippen LogP) is 1.70. The number of rotatable bonds is 7. The second-order valence-corrected chi connectivity index (χ2v) is 7.23. The number of fused-ring (bicyclic) bond motifs is 1. The van der Waals surface area contributed by atoms with Crippen LogP contribution >= 0.6 is 0 Å². The number of primary amides is 1. The van der Waals surface area contributed by atoms with Gasteiger partial charge in [-0.25, -0.2) is 4.68 Å². The molecule has 1 aromatic heterocycles. The smallest absolute Gasteiger partial charge is 0.251 e. The summed E-state index contributed by atoms with van der Waals surface area (Å²) in [6.45, 7) is 6.13. The number of amides is 2. The zero-order valence-corrected chi connectivity index (χ0v) is 16.8. The molecule has 3 rings (SSSR count). The molecule has 0 radical (unpaired) electrons. The number of nitrogens with one attached hydrogen (secondary N) is 2. The molecule has 0 aliphatic heterocycles. The fourth-order valence-corrected chi connectivity index (χ4v) is 3.02. The van der Waals surface area contributed by atoms with E-state index >= 15 is 0 Å². The van der Waals surface area contributed by atoms with Crippen molar-refractivity contribution in [3.63, 3.8) is 0 Å². The van der Waals surface area contributed by atoms with Crippen LogP contribution in [0.2, 0.25) is 0 Å². The first-order valence-corrected chi connectivity index (χ1v) is 9.45. The van der Waals surface area contributed by atoms with Gasteiger partial charge in [-0.3, -0.25) is 9.59 Å². The molecule has 0 aliphatic rings. The summed E-state index contributed by atoms with van der Waals surface area (Å²) in [6.07, 6.45) is 1.81. The van der Waals surface area contributed by atoms with E-state index in [1.165, 1.54) is 0 Å². The van der Waals surface area contributed by atoms with E-state index in [1.807, 2.05) is 36.9 Å². The van der Waals surface area contributed by atoms with Crippen LogP contribution in [0.3, 0.4) is 0 Å². The Morgan fingerprint density at radius 3 is 2.48 bits per heavy atom. The Balaban J connectivity index is 1.91. The monoisotopic (exact) mass is 394 g/mol. The molecule has 6 N–H and O–H groups in total. The Hall–Kier alpha value is -3.39. The molecule has 3 aromatic rings. The zero-order valence-electron chi connectivity index (χ0n) is 16.8. The molecular formula is C21H26N6O2. The number of carbonyl (C=O) groups excluding carboxylic acids is 2. The van der Waals surface area contributed by atoms with E-state index in [0.29, 0.717) is 12.1 Å². The quantitative estimate of drug-likeness (QED) is 0.485. The van der Waals surface area contributed by atoms with E-state index in [0.717, 1.165) is 27.8 Å². The Labute approximate surface area is 169 Å². The molecule has 0 fully saturated rings. The topological polar surface area (TPSA) is 128 Å². The van der Waals surface area contributed by atoms with Gasteiger partial charge < -0.3 is 22.1 Å². The molecule has 0 bridgehead atoms. The van der Waals surface area contributed by atoms with Crippen LogP contribution < -0.4 is 22.1 Å². The molecule has 8 heteroatoms. The van der Waals surface area contributed by atoms with Crippen molar-refractivity contribution < 1.29 is 9.59 Å². The first kappa shape index (κ1) is 20.3. The SMILES string of the molecule is Cc1cc(N[C@H](C)CN)c2cnn(-c3ccc(C(=O)N[C@@H](C)C(N)=O)cc3)c2c1. The third-order valence-corrected chi connectivity index (χ3v) is 4.74. The molecule has 1 heterocycles. The van der Waals surface area contributed by atoms with Crippen molar-refractivity contribution in [2.75, 3.05) is 11.9 Å². The molecular weight excluding hydrogens is 368 g/mol. The van der Waals surface area contributed by atoms with Crippen LogP contribution in [0.25, 0.3) is 16.6 Å². The standard InChI is InChI=1S/C21H26N6O2/c1-12-8-18(25-13(2)10-22)17-11-24-27(19(17)9-12)16-6-4-15(5-7-16)21(29)26-14(3)20(23)28/h4-9,11,13-14,25H,10,22H2,1-3H3,(H2,23,28)(H,26,29)/t13-,14+/m1/s1. The number of aromatic nitrogens is 2. The highest BCUT2D eigenvalue weighted by atomic mass is 16.2. The highest BCUT2D eigenvalue weighted by Crippen LogP contribution is 2.28. The van der Waals surface area contributed by atoms with Crippen molar-refractivity contribution in [2.45, 2.75) is 32.9 Å². The number of aryl methyl sites for hydroxylation is 1. The van der Waals surface area contributed by atoms with Gasteiger partial charge >= 0.3 is 0 Å². The van der Waals surface area contributed by atoms with Gasteiger partial charge in [-0.2, -0.15) is 5.10 Å². The highest BCUT2D eigenvalue weighted by Gasteiger charge is 2.15. The van der Waals surface area contributed by atoms with E-state index in [2.05, 4.69) is 27.9 Å². The molecule has 2 aromatic carbocycles. The van der Waals surface area contributed by atoms with Gasteiger partial charge in [0.25, 0.3) is 5.91 Å². The Morgan fingerprint density at radius 1 is 1.17 bits per heavy atom. The molecule has 0 spiro atoms. The van der Waals surface area contributed by atoms with E-state index in [4.69, 9.17) is 11.5 Å². The van der Waals surface area contributed by atoms with Gasteiger partial charge in [0.1, 0.15) is 6.04 Å². The van der Waals surface area contributed by atoms with E-state index in [-0.39, 0.29) is 11.9 Å². The van der Waals surface area contributed by atoms with Gasteiger partial charge in [0.05, 0.1) is 17.4 Å². The molecule has 2 atom stereocenters. The molecule has 2 amide bonds. The van der Waals surface area contributed by atoms with Crippen molar-refractivity contribution in [1.29, 1.82) is 0 Å².